The molecule has 1 aliphatic rings. The number of rotatable bonds is 1. The first-order valence-electron chi connectivity index (χ1n) is 9.64. The quantitative estimate of drug-likeness (QED) is 0.239. The molecule has 0 amide bonds. The van der Waals surface area contributed by atoms with Crippen molar-refractivity contribution in [2.45, 2.75) is 41.5 Å². The van der Waals surface area contributed by atoms with Crippen LogP contribution in [0.2, 0.25) is 0 Å². The Morgan fingerprint density at radius 2 is 1.50 bits per heavy atom. The van der Waals surface area contributed by atoms with Crippen LogP contribution in [0.25, 0.3) is 21.9 Å². The molecule has 2 heteroatoms. The van der Waals surface area contributed by atoms with Crippen LogP contribution >= 0.6 is 0 Å². The molecule has 1 aliphatic carbocycles. The van der Waals surface area contributed by atoms with Crippen LogP contribution in [0.15, 0.2) is 71.3 Å². The molecule has 0 fully saturated rings. The minimum absolute atomic E-state index is 0. The Kier molecular flexibility index (Phi) is 12.5. The summed E-state index contributed by atoms with van der Waals surface area (Å²) in [7, 11) is 0. The second kappa shape index (κ2) is 13.1. The fraction of sp³-hybridized carbons (Fsp3) is 0.250. The van der Waals surface area contributed by atoms with Gasteiger partial charge in [0.2, 0.25) is 0 Å². The first-order chi connectivity index (χ1) is 13.4. The summed E-state index contributed by atoms with van der Waals surface area (Å²) >= 11 is 1.36. The first kappa shape index (κ1) is 28.6. The van der Waals surface area contributed by atoms with Gasteiger partial charge in [-0.05, 0) is 19.4 Å². The summed E-state index contributed by atoms with van der Waals surface area (Å²) in [4.78, 5) is 0. The third-order valence-corrected chi connectivity index (χ3v) is 5.81. The average Bonchev–Trinajstić information content (AvgIpc) is 3.23. The summed E-state index contributed by atoms with van der Waals surface area (Å²) < 4.78 is 0. The van der Waals surface area contributed by atoms with E-state index < -0.39 is 0 Å². The fourth-order valence-corrected chi connectivity index (χ4v) is 3.59. The van der Waals surface area contributed by atoms with Gasteiger partial charge in [0.05, 0.1) is 0 Å². The second-order valence-electron chi connectivity index (χ2n) is 7.38. The Morgan fingerprint density at radius 1 is 0.867 bits per heavy atom. The van der Waals surface area contributed by atoms with Crippen LogP contribution in [-0.2, 0) is 23.3 Å². The van der Waals surface area contributed by atoms with Gasteiger partial charge in [0.1, 0.15) is 0 Å². The van der Waals surface area contributed by atoms with Gasteiger partial charge in [-0.15, -0.1) is 53.6 Å². The van der Waals surface area contributed by atoms with Gasteiger partial charge in [0.25, 0.3) is 0 Å². The molecule has 1 atom stereocenters. The summed E-state index contributed by atoms with van der Waals surface area (Å²) in [5, 5.41) is 2.67. The van der Waals surface area contributed by atoms with E-state index in [2.05, 4.69) is 109 Å². The first-order valence-corrected chi connectivity index (χ1v) is 13.8. The molecule has 0 heterocycles. The zero-order chi connectivity index (χ0) is 20.8. The van der Waals surface area contributed by atoms with Gasteiger partial charge in [0, 0.05) is 0 Å². The van der Waals surface area contributed by atoms with Crippen molar-refractivity contribution in [3.05, 3.63) is 103 Å². The van der Waals surface area contributed by atoms with Gasteiger partial charge < -0.3 is 14.9 Å². The van der Waals surface area contributed by atoms with Gasteiger partial charge in [-0.1, -0.05) is 62.1 Å². The maximum absolute atomic E-state index is 3.36. The van der Waals surface area contributed by atoms with E-state index in [1.165, 1.54) is 73.1 Å². The molecule has 0 saturated heterocycles. The molecule has 0 nitrogen and oxygen atoms in total. The number of fused-ring (bicyclic) bond motifs is 1. The van der Waals surface area contributed by atoms with Gasteiger partial charge >= 0.3 is 30.2 Å². The molecule has 0 aromatic heterocycles. The van der Waals surface area contributed by atoms with Crippen LogP contribution in [0.5, 0.6) is 0 Å². The third-order valence-electron chi connectivity index (χ3n) is 5.81. The molecule has 4 rings (SSSR count). The van der Waals surface area contributed by atoms with Crippen molar-refractivity contribution in [3.63, 3.8) is 0 Å². The molecule has 0 bridgehead atoms. The molecule has 2 radical (unpaired) electrons. The van der Waals surface area contributed by atoms with Crippen LogP contribution in [0.1, 0.15) is 38.8 Å². The zero-order valence-electron chi connectivity index (χ0n) is 19.8. The predicted octanol–water partition coefficient (Wildman–Crippen LogP) is 8.08. The maximum atomic E-state index is 3.36. The van der Waals surface area contributed by atoms with E-state index in [9.17, 15) is 0 Å². The Bertz CT molecular complexity index is 1020. The van der Waals surface area contributed by atoms with E-state index >= 15 is 0 Å². The predicted molar refractivity (Wildman–Crippen MR) is 133 cm³/mol. The topological polar surface area (TPSA) is 0 Å². The summed E-state index contributed by atoms with van der Waals surface area (Å²) in [5.74, 6) is 0.560. The van der Waals surface area contributed by atoms with E-state index in [4.69, 9.17) is 0 Å². The van der Waals surface area contributed by atoms with Crippen LogP contribution in [-0.4, -0.2) is 6.88 Å². The molecular weight excluding hydrogens is 456 g/mol. The van der Waals surface area contributed by atoms with E-state index in [1.54, 1.807) is 0 Å². The van der Waals surface area contributed by atoms with Crippen molar-refractivity contribution in [1.29, 1.82) is 0 Å². The number of benzene rings is 2. The van der Waals surface area contributed by atoms with Crippen molar-refractivity contribution in [1.82, 2.24) is 0 Å². The van der Waals surface area contributed by atoms with Crippen molar-refractivity contribution >= 4 is 17.7 Å². The standard InChI is InChI=1S/C17H15.C9H13.2CH3.Si.Zr/c1-12-6-5-9-15(13(12)2)17-11-10-14-7-3-4-8-16(14)17;1-6-5-7(2)9(4)8(6)3;;;;/h3-11H,1-2H3;6H,1-4H3;2*1H3;;/q4*-1;;. The van der Waals surface area contributed by atoms with Gasteiger partial charge in [-0.3, -0.25) is 6.08 Å². The van der Waals surface area contributed by atoms with Crippen molar-refractivity contribution in [2.24, 2.45) is 5.92 Å². The second-order valence-corrected chi connectivity index (χ2v) is 7.38. The Hall–Kier alpha value is -1.37. The van der Waals surface area contributed by atoms with Crippen LogP contribution < -0.4 is 0 Å². The average molecular weight is 490 g/mol. The Morgan fingerprint density at radius 3 is 2.03 bits per heavy atom. The number of allylic oxidation sites excluding steroid dienone is 4. The number of aryl methyl sites for hydroxylation is 1. The van der Waals surface area contributed by atoms with Crippen molar-refractivity contribution in [2.75, 3.05) is 0 Å². The van der Waals surface area contributed by atoms with E-state index in [-0.39, 0.29) is 14.9 Å². The zero-order valence-corrected chi connectivity index (χ0v) is 23.2. The fourth-order valence-electron chi connectivity index (χ4n) is 3.59. The Balaban J connectivity index is 0.000000558. The number of hydrogen-bond donors (Lipinski definition) is 0. The van der Waals surface area contributed by atoms with Gasteiger partial charge in [-0.25, -0.2) is 5.57 Å². The molecule has 3 aromatic carbocycles. The Labute approximate surface area is 202 Å². The molecule has 158 valence electrons. The molecule has 30 heavy (non-hydrogen) atoms. The molecule has 1 unspecified atom stereocenters. The van der Waals surface area contributed by atoms with Crippen LogP contribution in [0, 0.1) is 40.7 Å². The summed E-state index contributed by atoms with van der Waals surface area (Å²) in [5.41, 5.74) is 9.68. The summed E-state index contributed by atoms with van der Waals surface area (Å²) in [6.07, 6.45) is 3.36. The SMILES string of the molecule is CC1=[C-]C(C)C(C)=C1C.Cc1cccc(-c2c[cH-]c3ccccc23)c1C.[CH3-].[CH3-].[Si]=[Zr]. The molecular formula is C28H34SiZr-4. The molecule has 0 aliphatic heterocycles. The summed E-state index contributed by atoms with van der Waals surface area (Å²) in [6.45, 7) is 16.1. The summed E-state index contributed by atoms with van der Waals surface area (Å²) in [6, 6.07) is 19.5. The molecule has 0 N–H and O–H groups in total. The number of hydrogen-bond acceptors (Lipinski definition) is 0. The normalized spacial score (nSPS) is 14.4. The minimum atomic E-state index is 0. The van der Waals surface area contributed by atoms with Gasteiger partial charge in [0.15, 0.2) is 0 Å². The van der Waals surface area contributed by atoms with Crippen LogP contribution in [0.4, 0.5) is 0 Å². The van der Waals surface area contributed by atoms with Crippen molar-refractivity contribution in [3.8, 4) is 11.1 Å². The molecule has 3 aromatic rings. The van der Waals surface area contributed by atoms with Crippen molar-refractivity contribution < 1.29 is 23.3 Å². The third kappa shape index (κ3) is 6.32. The molecule has 0 saturated carbocycles. The van der Waals surface area contributed by atoms with Crippen LogP contribution in [0.3, 0.4) is 0 Å². The van der Waals surface area contributed by atoms with Gasteiger partial charge in [-0.2, -0.15) is 11.1 Å². The monoisotopic (exact) mass is 488 g/mol. The van der Waals surface area contributed by atoms with E-state index in [0.29, 0.717) is 5.92 Å². The molecule has 0 spiro atoms. The van der Waals surface area contributed by atoms with E-state index in [1.807, 2.05) is 0 Å². The van der Waals surface area contributed by atoms with E-state index in [0.717, 1.165) is 0 Å².